The Hall–Kier alpha value is -1.73. The molecule has 0 saturated carbocycles. The summed E-state index contributed by atoms with van der Waals surface area (Å²) < 4.78 is 27.4. The van der Waals surface area contributed by atoms with E-state index in [4.69, 9.17) is 5.26 Å². The van der Waals surface area contributed by atoms with E-state index in [0.717, 1.165) is 8.78 Å². The van der Waals surface area contributed by atoms with Gasteiger partial charge in [0.2, 0.25) is 15.9 Å². The lowest BCUT2D eigenvalue weighted by atomic mass is 10.2. The van der Waals surface area contributed by atoms with Gasteiger partial charge >= 0.3 is 0 Å². The number of nitriles is 1. The third kappa shape index (κ3) is 4.89. The second-order valence-electron chi connectivity index (χ2n) is 5.07. The molecule has 0 atom stereocenters. The van der Waals surface area contributed by atoms with Crippen LogP contribution in [0.4, 0.5) is 5.69 Å². The van der Waals surface area contributed by atoms with Crippen molar-refractivity contribution < 1.29 is 13.2 Å². The lowest BCUT2D eigenvalue weighted by Crippen LogP contribution is -2.35. The highest BCUT2D eigenvalue weighted by molar-refractivity contribution is 9.11. The Balaban J connectivity index is 2.10. The fourth-order valence-corrected chi connectivity index (χ4v) is 4.22. The topological polar surface area (TPSA) is 90.3 Å². The molecule has 6 nitrogen and oxygen atoms in total. The molecule has 1 amide bonds. The third-order valence-corrected chi connectivity index (χ3v) is 6.23. The quantitative estimate of drug-likeness (QED) is 0.701. The second kappa shape index (κ2) is 8.10. The molecule has 1 N–H and O–H groups in total. The van der Waals surface area contributed by atoms with E-state index in [2.05, 4.69) is 37.2 Å². The first-order valence-electron chi connectivity index (χ1n) is 6.95. The summed E-state index contributed by atoms with van der Waals surface area (Å²) in [4.78, 5) is 12.2. The van der Waals surface area contributed by atoms with Crippen LogP contribution in [0.15, 0.2) is 56.3 Å². The Labute approximate surface area is 162 Å². The first-order valence-corrected chi connectivity index (χ1v) is 9.98. The SMILES string of the molecule is CN(CC(=O)Nc1ccc(Br)cc1Br)S(=O)(=O)c1ccc(C#N)cc1. The molecule has 0 bridgehead atoms. The molecule has 25 heavy (non-hydrogen) atoms. The van der Waals surface area contributed by atoms with Gasteiger partial charge in [-0.1, -0.05) is 15.9 Å². The maximum absolute atomic E-state index is 12.5. The van der Waals surface area contributed by atoms with Gasteiger partial charge in [0.1, 0.15) is 0 Å². The zero-order chi connectivity index (χ0) is 18.6. The van der Waals surface area contributed by atoms with E-state index in [9.17, 15) is 13.2 Å². The van der Waals surface area contributed by atoms with E-state index in [1.54, 1.807) is 18.2 Å². The first-order chi connectivity index (χ1) is 11.7. The van der Waals surface area contributed by atoms with Crippen LogP contribution in [-0.2, 0) is 14.8 Å². The van der Waals surface area contributed by atoms with Gasteiger partial charge in [-0.3, -0.25) is 4.79 Å². The predicted molar refractivity (Wildman–Crippen MR) is 101 cm³/mol. The lowest BCUT2D eigenvalue weighted by Gasteiger charge is -2.17. The van der Waals surface area contributed by atoms with Gasteiger partial charge in [0.15, 0.2) is 0 Å². The number of hydrogen-bond acceptors (Lipinski definition) is 4. The molecular formula is C16H13Br2N3O3S. The first kappa shape index (κ1) is 19.6. The highest BCUT2D eigenvalue weighted by atomic mass is 79.9. The maximum atomic E-state index is 12.5. The Morgan fingerprint density at radius 3 is 2.40 bits per heavy atom. The van der Waals surface area contributed by atoms with Crippen molar-refractivity contribution in [2.24, 2.45) is 0 Å². The summed E-state index contributed by atoms with van der Waals surface area (Å²) in [5.74, 6) is -0.470. The Morgan fingerprint density at radius 2 is 1.84 bits per heavy atom. The van der Waals surface area contributed by atoms with Gasteiger partial charge in [-0.15, -0.1) is 0 Å². The smallest absolute Gasteiger partial charge is 0.243 e. The molecule has 0 radical (unpaired) electrons. The highest BCUT2D eigenvalue weighted by Crippen LogP contribution is 2.26. The van der Waals surface area contributed by atoms with Crippen molar-refractivity contribution in [2.45, 2.75) is 4.90 Å². The van der Waals surface area contributed by atoms with Crippen LogP contribution >= 0.6 is 31.9 Å². The number of nitrogens with zero attached hydrogens (tertiary/aromatic N) is 2. The number of likely N-dealkylation sites (N-methyl/N-ethyl adjacent to an activating group) is 1. The Bertz CT molecular complexity index is 938. The number of nitrogens with one attached hydrogen (secondary N) is 1. The molecule has 9 heteroatoms. The molecule has 0 aliphatic rings. The minimum atomic E-state index is -3.82. The average molecular weight is 487 g/mol. The molecule has 2 aromatic carbocycles. The summed E-state index contributed by atoms with van der Waals surface area (Å²) in [6.45, 7) is -0.342. The van der Waals surface area contributed by atoms with E-state index in [-0.39, 0.29) is 11.4 Å². The largest absolute Gasteiger partial charge is 0.324 e. The fraction of sp³-hybridized carbons (Fsp3) is 0.125. The molecule has 0 aliphatic heterocycles. The fourth-order valence-electron chi connectivity index (χ4n) is 1.95. The summed E-state index contributed by atoms with van der Waals surface area (Å²) in [7, 11) is -2.50. The van der Waals surface area contributed by atoms with Gasteiger partial charge in [0.25, 0.3) is 0 Å². The number of halogens is 2. The summed E-state index contributed by atoms with van der Waals surface area (Å²) in [6.07, 6.45) is 0. The summed E-state index contributed by atoms with van der Waals surface area (Å²) in [5.41, 5.74) is 0.900. The van der Waals surface area contributed by atoms with Gasteiger partial charge in [0.05, 0.1) is 28.8 Å². The van der Waals surface area contributed by atoms with E-state index in [1.165, 1.54) is 31.3 Å². The molecule has 130 valence electrons. The number of benzene rings is 2. The minimum Gasteiger partial charge on any atom is -0.324 e. The molecular weight excluding hydrogens is 474 g/mol. The van der Waals surface area contributed by atoms with Gasteiger partial charge in [-0.05, 0) is 58.4 Å². The second-order valence-corrected chi connectivity index (χ2v) is 8.88. The van der Waals surface area contributed by atoms with Crippen LogP contribution < -0.4 is 5.32 Å². The van der Waals surface area contributed by atoms with Crippen molar-refractivity contribution in [1.82, 2.24) is 4.31 Å². The summed E-state index contributed by atoms with van der Waals surface area (Å²) in [6, 6.07) is 12.7. The van der Waals surface area contributed by atoms with Crippen LogP contribution in [-0.4, -0.2) is 32.2 Å². The summed E-state index contributed by atoms with van der Waals surface area (Å²) in [5, 5.41) is 11.4. The van der Waals surface area contributed by atoms with Crippen LogP contribution in [0.5, 0.6) is 0 Å². The van der Waals surface area contributed by atoms with E-state index < -0.39 is 15.9 Å². The van der Waals surface area contributed by atoms with Gasteiger partial charge < -0.3 is 5.32 Å². The number of sulfonamides is 1. The number of anilines is 1. The molecule has 2 aromatic rings. The van der Waals surface area contributed by atoms with E-state index in [1.807, 2.05) is 6.07 Å². The third-order valence-electron chi connectivity index (χ3n) is 3.26. The van der Waals surface area contributed by atoms with Crippen LogP contribution in [0.2, 0.25) is 0 Å². The normalized spacial score (nSPS) is 11.2. The molecule has 0 saturated heterocycles. The van der Waals surface area contributed by atoms with Crippen molar-refractivity contribution in [2.75, 3.05) is 18.9 Å². The molecule has 2 rings (SSSR count). The molecule has 0 aliphatic carbocycles. The number of amides is 1. The number of carbonyl (C=O) groups excluding carboxylic acids is 1. The standard InChI is InChI=1S/C16H13Br2N3O3S/c1-21(25(23,24)13-5-2-11(9-19)3-6-13)10-16(22)20-15-7-4-12(17)8-14(15)18/h2-8H,10H2,1H3,(H,20,22). The van der Waals surface area contributed by atoms with Crippen LogP contribution in [0.25, 0.3) is 0 Å². The minimum absolute atomic E-state index is 0.0200. The van der Waals surface area contributed by atoms with Crippen LogP contribution in [0.3, 0.4) is 0 Å². The number of rotatable bonds is 5. The van der Waals surface area contributed by atoms with Crippen molar-refractivity contribution in [3.8, 4) is 6.07 Å². The molecule has 0 heterocycles. The predicted octanol–water partition coefficient (Wildman–Crippen LogP) is 3.34. The monoisotopic (exact) mass is 485 g/mol. The average Bonchev–Trinajstić information content (AvgIpc) is 2.57. The van der Waals surface area contributed by atoms with Crippen molar-refractivity contribution in [3.63, 3.8) is 0 Å². The number of carbonyl (C=O) groups is 1. The lowest BCUT2D eigenvalue weighted by molar-refractivity contribution is -0.116. The molecule has 0 fully saturated rings. The highest BCUT2D eigenvalue weighted by Gasteiger charge is 2.23. The maximum Gasteiger partial charge on any atom is 0.243 e. The van der Waals surface area contributed by atoms with Crippen molar-refractivity contribution >= 4 is 53.5 Å². The van der Waals surface area contributed by atoms with Crippen LogP contribution in [0.1, 0.15) is 5.56 Å². The Morgan fingerprint density at radius 1 is 1.20 bits per heavy atom. The summed E-state index contributed by atoms with van der Waals surface area (Å²) >= 11 is 6.64. The van der Waals surface area contributed by atoms with E-state index in [0.29, 0.717) is 15.7 Å². The van der Waals surface area contributed by atoms with Gasteiger partial charge in [-0.25, -0.2) is 8.42 Å². The van der Waals surface area contributed by atoms with Crippen molar-refractivity contribution in [3.05, 3.63) is 57.0 Å². The molecule has 0 aromatic heterocycles. The number of hydrogen-bond donors (Lipinski definition) is 1. The molecule has 0 unspecified atom stereocenters. The van der Waals surface area contributed by atoms with Crippen molar-refractivity contribution in [1.29, 1.82) is 5.26 Å². The van der Waals surface area contributed by atoms with Gasteiger partial charge in [-0.2, -0.15) is 9.57 Å². The zero-order valence-electron chi connectivity index (χ0n) is 13.0. The van der Waals surface area contributed by atoms with E-state index >= 15 is 0 Å². The molecule has 0 spiro atoms. The van der Waals surface area contributed by atoms with Gasteiger partial charge in [0, 0.05) is 16.0 Å². The van der Waals surface area contributed by atoms with Crippen LogP contribution in [0, 0.1) is 11.3 Å². The Kier molecular flexibility index (Phi) is 6.35. The zero-order valence-corrected chi connectivity index (χ0v) is 17.0.